The fraction of sp³-hybridized carbons (Fsp3) is 0.471. The molecule has 0 unspecified atom stereocenters. The number of carbonyl (C=O) groups excluding carboxylic acids is 1. The average molecular weight is 301 g/mol. The van der Waals surface area contributed by atoms with E-state index in [9.17, 15) is 4.79 Å². The number of amides is 1. The van der Waals surface area contributed by atoms with Crippen molar-refractivity contribution < 1.29 is 10.0 Å². The fourth-order valence-electron chi connectivity index (χ4n) is 3.37. The summed E-state index contributed by atoms with van der Waals surface area (Å²) in [5.74, 6) is -0.298. The average Bonchev–Trinajstić information content (AvgIpc) is 2.89. The van der Waals surface area contributed by atoms with Gasteiger partial charge in [0.05, 0.1) is 0 Å². The van der Waals surface area contributed by atoms with Gasteiger partial charge in [0.25, 0.3) is 0 Å². The zero-order valence-corrected chi connectivity index (χ0v) is 12.8. The molecule has 1 aliphatic heterocycles. The lowest BCUT2D eigenvalue weighted by molar-refractivity contribution is -0.129. The monoisotopic (exact) mass is 301 g/mol. The maximum Gasteiger partial charge on any atom is 0.243 e. The van der Waals surface area contributed by atoms with Gasteiger partial charge in [-0.1, -0.05) is 24.6 Å². The van der Waals surface area contributed by atoms with Crippen molar-refractivity contribution in [3.8, 4) is 0 Å². The molecule has 0 bridgehead atoms. The van der Waals surface area contributed by atoms with Gasteiger partial charge < -0.3 is 9.88 Å². The minimum Gasteiger partial charge on any atom is -0.343 e. The minimum absolute atomic E-state index is 0.298. The molecule has 0 saturated heterocycles. The first kappa shape index (κ1) is 15.1. The molecule has 0 spiro atoms. The summed E-state index contributed by atoms with van der Waals surface area (Å²) in [6.45, 7) is 2.98. The molecule has 1 aromatic heterocycles. The number of hydrogen-bond donors (Lipinski definition) is 3. The van der Waals surface area contributed by atoms with Gasteiger partial charge >= 0.3 is 0 Å². The number of hydroxylamine groups is 1. The van der Waals surface area contributed by atoms with Crippen LogP contribution in [0.4, 0.5) is 0 Å². The highest BCUT2D eigenvalue weighted by Crippen LogP contribution is 2.29. The van der Waals surface area contributed by atoms with Crippen molar-refractivity contribution in [3.63, 3.8) is 0 Å². The van der Waals surface area contributed by atoms with Crippen LogP contribution >= 0.6 is 0 Å². The summed E-state index contributed by atoms with van der Waals surface area (Å²) in [4.78, 5) is 11.0. The third-order valence-corrected chi connectivity index (χ3v) is 4.45. The first-order valence-corrected chi connectivity index (χ1v) is 8.04. The molecule has 2 heterocycles. The van der Waals surface area contributed by atoms with Crippen LogP contribution in [0.5, 0.6) is 0 Å². The van der Waals surface area contributed by atoms with Gasteiger partial charge in [0.2, 0.25) is 5.91 Å². The van der Waals surface area contributed by atoms with Crippen LogP contribution in [0.2, 0.25) is 0 Å². The smallest absolute Gasteiger partial charge is 0.243 e. The Hall–Kier alpha value is -1.85. The first-order chi connectivity index (χ1) is 10.8. The highest BCUT2D eigenvalue weighted by atomic mass is 16.5. The number of fused-ring (bicyclic) bond motifs is 3. The Balaban J connectivity index is 1.69. The van der Waals surface area contributed by atoms with Crippen LogP contribution in [0.25, 0.3) is 10.9 Å². The molecule has 1 amide bonds. The van der Waals surface area contributed by atoms with E-state index in [1.165, 1.54) is 22.2 Å². The standard InChI is InChI=1S/C17H23N3O2/c21-17(19-22)8-2-1-5-11-20-15-7-4-3-6-13(15)14-9-10-18-12-16(14)20/h3-4,6-7,18,22H,1-2,5,8-12H2,(H,19,21). The van der Waals surface area contributed by atoms with Gasteiger partial charge in [0, 0.05) is 36.1 Å². The Morgan fingerprint density at radius 1 is 1.27 bits per heavy atom. The lowest BCUT2D eigenvalue weighted by atomic mass is 10.1. The van der Waals surface area contributed by atoms with Crippen molar-refractivity contribution in [2.75, 3.05) is 6.54 Å². The van der Waals surface area contributed by atoms with E-state index in [1.807, 2.05) is 0 Å². The second kappa shape index (κ2) is 6.94. The number of para-hydroxylation sites is 1. The molecule has 22 heavy (non-hydrogen) atoms. The first-order valence-electron chi connectivity index (χ1n) is 8.04. The van der Waals surface area contributed by atoms with Crippen LogP contribution in [0.1, 0.15) is 36.9 Å². The van der Waals surface area contributed by atoms with Crippen LogP contribution in [-0.4, -0.2) is 22.2 Å². The van der Waals surface area contributed by atoms with E-state index in [2.05, 4.69) is 34.1 Å². The van der Waals surface area contributed by atoms with Crippen LogP contribution < -0.4 is 10.8 Å². The highest BCUT2D eigenvalue weighted by Gasteiger charge is 2.18. The van der Waals surface area contributed by atoms with Gasteiger partial charge in [0.15, 0.2) is 0 Å². The van der Waals surface area contributed by atoms with Crippen molar-refractivity contribution in [2.45, 2.75) is 45.2 Å². The molecule has 3 rings (SSSR count). The van der Waals surface area contributed by atoms with E-state index in [0.29, 0.717) is 6.42 Å². The van der Waals surface area contributed by atoms with E-state index < -0.39 is 0 Å². The number of rotatable bonds is 6. The lowest BCUT2D eigenvalue weighted by Crippen LogP contribution is -2.25. The van der Waals surface area contributed by atoms with Gasteiger partial charge in [-0.15, -0.1) is 0 Å². The number of benzene rings is 1. The second-order valence-corrected chi connectivity index (χ2v) is 5.87. The summed E-state index contributed by atoms with van der Waals surface area (Å²) in [6.07, 6.45) is 4.33. The van der Waals surface area contributed by atoms with Crippen molar-refractivity contribution in [2.24, 2.45) is 0 Å². The highest BCUT2D eigenvalue weighted by molar-refractivity contribution is 5.85. The SMILES string of the molecule is O=C(CCCCCn1c2c(c3ccccc31)CCNC2)NO. The molecule has 0 radical (unpaired) electrons. The molecule has 0 aliphatic carbocycles. The van der Waals surface area contributed by atoms with Crippen molar-refractivity contribution in [1.82, 2.24) is 15.4 Å². The summed E-state index contributed by atoms with van der Waals surface area (Å²) in [6, 6.07) is 8.64. The van der Waals surface area contributed by atoms with E-state index >= 15 is 0 Å². The van der Waals surface area contributed by atoms with Crippen LogP contribution in [0.3, 0.4) is 0 Å². The predicted octanol–water partition coefficient (Wildman–Crippen LogP) is 2.35. The molecule has 5 heteroatoms. The molecule has 0 atom stereocenters. The topological polar surface area (TPSA) is 66.3 Å². The van der Waals surface area contributed by atoms with Gasteiger partial charge in [-0.25, -0.2) is 5.48 Å². The molecular formula is C17H23N3O2. The summed E-state index contributed by atoms with van der Waals surface area (Å²) in [5, 5.41) is 13.3. The van der Waals surface area contributed by atoms with Gasteiger partial charge in [-0.2, -0.15) is 0 Å². The second-order valence-electron chi connectivity index (χ2n) is 5.87. The Morgan fingerprint density at radius 3 is 3.00 bits per heavy atom. The predicted molar refractivity (Wildman–Crippen MR) is 85.7 cm³/mol. The molecule has 0 saturated carbocycles. The number of unbranched alkanes of at least 4 members (excludes halogenated alkanes) is 2. The summed E-state index contributed by atoms with van der Waals surface area (Å²) < 4.78 is 2.43. The third kappa shape index (κ3) is 3.00. The molecule has 5 nitrogen and oxygen atoms in total. The molecule has 3 N–H and O–H groups in total. The van der Waals surface area contributed by atoms with Gasteiger partial charge in [-0.3, -0.25) is 10.0 Å². The summed E-state index contributed by atoms with van der Waals surface area (Å²) >= 11 is 0. The number of aromatic nitrogens is 1. The van der Waals surface area contributed by atoms with Crippen LogP contribution in [0, 0.1) is 0 Å². The van der Waals surface area contributed by atoms with Gasteiger partial charge in [-0.05, 0) is 37.4 Å². The number of nitrogens with one attached hydrogen (secondary N) is 2. The van der Waals surface area contributed by atoms with E-state index in [-0.39, 0.29) is 5.91 Å². The van der Waals surface area contributed by atoms with E-state index in [1.54, 1.807) is 5.48 Å². The van der Waals surface area contributed by atoms with Crippen LogP contribution in [0.15, 0.2) is 24.3 Å². The van der Waals surface area contributed by atoms with E-state index in [4.69, 9.17) is 5.21 Å². The Bertz CT molecular complexity index is 663. The number of aryl methyl sites for hydroxylation is 1. The fourth-order valence-corrected chi connectivity index (χ4v) is 3.37. The van der Waals surface area contributed by atoms with Gasteiger partial charge in [0.1, 0.15) is 0 Å². The molecule has 118 valence electrons. The largest absolute Gasteiger partial charge is 0.343 e. The third-order valence-electron chi connectivity index (χ3n) is 4.45. The zero-order chi connectivity index (χ0) is 15.4. The van der Waals surface area contributed by atoms with Crippen molar-refractivity contribution in [3.05, 3.63) is 35.5 Å². The Labute approximate surface area is 130 Å². The molecule has 2 aromatic rings. The summed E-state index contributed by atoms with van der Waals surface area (Å²) in [7, 11) is 0. The quantitative estimate of drug-likeness (QED) is 0.436. The Morgan fingerprint density at radius 2 is 2.14 bits per heavy atom. The number of nitrogens with zero attached hydrogens (tertiary/aromatic N) is 1. The molecule has 0 fully saturated rings. The molecule has 1 aliphatic rings. The van der Waals surface area contributed by atoms with Crippen molar-refractivity contribution in [1.29, 1.82) is 0 Å². The zero-order valence-electron chi connectivity index (χ0n) is 12.8. The van der Waals surface area contributed by atoms with E-state index in [0.717, 1.165) is 45.3 Å². The minimum atomic E-state index is -0.298. The number of carbonyl (C=O) groups is 1. The molecular weight excluding hydrogens is 278 g/mol. The normalized spacial score (nSPS) is 14.0. The Kier molecular flexibility index (Phi) is 4.75. The molecule has 1 aromatic carbocycles. The van der Waals surface area contributed by atoms with Crippen molar-refractivity contribution >= 4 is 16.8 Å². The van der Waals surface area contributed by atoms with Crippen LogP contribution in [-0.2, 0) is 24.3 Å². The summed E-state index contributed by atoms with van der Waals surface area (Å²) in [5.41, 5.74) is 5.92. The number of hydrogen-bond acceptors (Lipinski definition) is 3. The maximum absolute atomic E-state index is 11.0. The lowest BCUT2D eigenvalue weighted by Gasteiger charge is -2.17. The maximum atomic E-state index is 11.0.